The summed E-state index contributed by atoms with van der Waals surface area (Å²) in [4.78, 5) is 0. The van der Waals surface area contributed by atoms with Crippen LogP contribution in [0.2, 0.25) is 0 Å². The van der Waals surface area contributed by atoms with Crippen LogP contribution < -0.4 is 20.7 Å². The molecule has 12 aromatic rings. The van der Waals surface area contributed by atoms with Crippen LogP contribution in [0.3, 0.4) is 0 Å². The Morgan fingerprint density at radius 1 is 0.277 bits per heavy atom. The lowest BCUT2D eigenvalue weighted by atomic mass is 9.60. The number of para-hydroxylation sites is 2. The van der Waals surface area contributed by atoms with Gasteiger partial charge < -0.3 is 9.13 Å². The van der Waals surface area contributed by atoms with Gasteiger partial charge in [-0.25, -0.2) is 0 Å². The lowest BCUT2D eigenvalue weighted by molar-refractivity contribution is 0.761. The van der Waals surface area contributed by atoms with Gasteiger partial charge in [0.15, 0.2) is 8.07 Å². The van der Waals surface area contributed by atoms with Crippen molar-refractivity contribution in [3.63, 3.8) is 0 Å². The Labute approximate surface area is 378 Å². The van der Waals surface area contributed by atoms with Gasteiger partial charge in [0, 0.05) is 44.8 Å². The van der Waals surface area contributed by atoms with E-state index in [1.165, 1.54) is 103 Å². The van der Waals surface area contributed by atoms with Crippen LogP contribution in [0.4, 0.5) is 0 Å². The monoisotopic (exact) mass is 842 g/mol. The van der Waals surface area contributed by atoms with Crippen molar-refractivity contribution in [2.45, 2.75) is 11.8 Å². The average molecular weight is 843 g/mol. The Morgan fingerprint density at radius 3 is 1.32 bits per heavy atom. The molecule has 0 fully saturated rings. The summed E-state index contributed by atoms with van der Waals surface area (Å²) in [5, 5.41) is 10.7. The highest BCUT2D eigenvalue weighted by molar-refractivity contribution is 7.20. The Balaban J connectivity index is 1.06. The number of hydrogen-bond donors (Lipinski definition) is 0. The largest absolute Gasteiger partial charge is 0.309 e. The zero-order valence-corrected chi connectivity index (χ0v) is 36.6. The molecular formula is C62H42N2Si. The van der Waals surface area contributed by atoms with E-state index in [0.29, 0.717) is 0 Å². The molecule has 65 heavy (non-hydrogen) atoms. The summed E-state index contributed by atoms with van der Waals surface area (Å²) in [7, 11) is -2.80. The molecule has 3 aliphatic rings. The normalized spacial score (nSPS) is 15.1. The highest BCUT2D eigenvalue weighted by Gasteiger charge is 2.43. The van der Waals surface area contributed by atoms with Gasteiger partial charge in [-0.15, -0.1) is 0 Å². The first-order valence-corrected chi connectivity index (χ1v) is 24.8. The van der Waals surface area contributed by atoms with Crippen LogP contribution in [-0.4, -0.2) is 17.2 Å². The van der Waals surface area contributed by atoms with Gasteiger partial charge in [0.2, 0.25) is 0 Å². The van der Waals surface area contributed by atoms with Gasteiger partial charge in [0.25, 0.3) is 0 Å². The van der Waals surface area contributed by atoms with Gasteiger partial charge in [-0.2, -0.15) is 0 Å². The number of hydrogen-bond acceptors (Lipinski definition) is 0. The SMILES string of the molecule is c1ccc(-n2c3ccc(-n4c5ccccc5c5c6c(ccc54)C4c5ccccc5C6c5ccccc54)cc3c3cc([Si](c4ccccc4)(c4ccccc4)c4ccccc4)ccc32)cc1. The predicted octanol–water partition coefficient (Wildman–Crippen LogP) is 12.2. The molecule has 0 unspecified atom stereocenters. The molecule has 0 spiro atoms. The first-order chi connectivity index (χ1) is 32.3. The minimum absolute atomic E-state index is 0.179. The molecule has 2 bridgehead atoms. The van der Waals surface area contributed by atoms with Crippen LogP contribution in [0.5, 0.6) is 0 Å². The molecule has 0 aliphatic heterocycles. The predicted molar refractivity (Wildman–Crippen MR) is 274 cm³/mol. The van der Waals surface area contributed by atoms with Crippen molar-refractivity contribution in [1.29, 1.82) is 0 Å². The highest BCUT2D eigenvalue weighted by atomic mass is 28.3. The van der Waals surface area contributed by atoms with Crippen LogP contribution in [0.15, 0.2) is 243 Å². The van der Waals surface area contributed by atoms with Crippen molar-refractivity contribution in [2.24, 2.45) is 0 Å². The van der Waals surface area contributed by atoms with Crippen molar-refractivity contribution >= 4 is 72.4 Å². The summed E-state index contributed by atoms with van der Waals surface area (Å²) >= 11 is 0. The van der Waals surface area contributed by atoms with Gasteiger partial charge in [-0.1, -0.05) is 194 Å². The molecule has 2 aromatic heterocycles. The molecule has 0 amide bonds. The van der Waals surface area contributed by atoms with E-state index in [1.807, 2.05) is 0 Å². The van der Waals surface area contributed by atoms with Crippen molar-refractivity contribution in [2.75, 3.05) is 0 Å². The second-order valence-electron chi connectivity index (χ2n) is 17.9. The van der Waals surface area contributed by atoms with E-state index < -0.39 is 8.07 Å². The molecule has 15 rings (SSSR count). The third-order valence-corrected chi connectivity index (χ3v) is 19.6. The third-order valence-electron chi connectivity index (χ3n) is 14.8. The van der Waals surface area contributed by atoms with Gasteiger partial charge in [0.1, 0.15) is 0 Å². The highest BCUT2D eigenvalue weighted by Crippen LogP contribution is 2.58. The van der Waals surface area contributed by atoms with Gasteiger partial charge in [0.05, 0.1) is 22.1 Å². The molecule has 304 valence electrons. The molecule has 0 saturated carbocycles. The van der Waals surface area contributed by atoms with Gasteiger partial charge >= 0.3 is 0 Å². The van der Waals surface area contributed by atoms with E-state index in [4.69, 9.17) is 0 Å². The smallest absolute Gasteiger partial charge is 0.179 e. The number of rotatable bonds is 6. The lowest BCUT2D eigenvalue weighted by Gasteiger charge is -2.42. The molecule has 0 atom stereocenters. The van der Waals surface area contributed by atoms with E-state index in [-0.39, 0.29) is 11.8 Å². The summed E-state index contributed by atoms with van der Waals surface area (Å²) in [6.07, 6.45) is 0. The number of aromatic nitrogens is 2. The lowest BCUT2D eigenvalue weighted by Crippen LogP contribution is -2.74. The van der Waals surface area contributed by atoms with Crippen molar-refractivity contribution in [1.82, 2.24) is 9.13 Å². The molecule has 0 radical (unpaired) electrons. The van der Waals surface area contributed by atoms with E-state index in [9.17, 15) is 0 Å². The second-order valence-corrected chi connectivity index (χ2v) is 21.7. The Morgan fingerprint density at radius 2 is 0.723 bits per heavy atom. The molecule has 3 aliphatic carbocycles. The summed E-state index contributed by atoms with van der Waals surface area (Å²) in [5.74, 6) is 0.403. The van der Waals surface area contributed by atoms with Gasteiger partial charge in [-0.3, -0.25) is 0 Å². The third kappa shape index (κ3) is 5.04. The number of nitrogens with zero attached hydrogens (tertiary/aromatic N) is 2. The number of benzene rings is 10. The van der Waals surface area contributed by atoms with Crippen LogP contribution in [0.25, 0.3) is 55.0 Å². The first-order valence-electron chi connectivity index (χ1n) is 22.8. The molecule has 3 heteroatoms. The molecular weight excluding hydrogens is 801 g/mol. The number of fused-ring (bicyclic) bond motifs is 6. The van der Waals surface area contributed by atoms with E-state index >= 15 is 0 Å². The fourth-order valence-corrected chi connectivity index (χ4v) is 17.1. The zero-order valence-electron chi connectivity index (χ0n) is 35.6. The van der Waals surface area contributed by atoms with E-state index in [0.717, 1.165) is 5.69 Å². The summed E-state index contributed by atoms with van der Waals surface area (Å²) in [5.41, 5.74) is 15.9. The van der Waals surface area contributed by atoms with Crippen LogP contribution in [0, 0.1) is 0 Å². The fourth-order valence-electron chi connectivity index (χ4n) is 12.3. The molecule has 2 nitrogen and oxygen atoms in total. The summed E-state index contributed by atoms with van der Waals surface area (Å²) < 4.78 is 5.00. The maximum atomic E-state index is 2.55. The maximum Gasteiger partial charge on any atom is 0.179 e. The molecule has 0 saturated heterocycles. The van der Waals surface area contributed by atoms with E-state index in [2.05, 4.69) is 252 Å². The molecule has 2 heterocycles. The second kappa shape index (κ2) is 14.0. The fraction of sp³-hybridized carbons (Fsp3) is 0.0323. The summed E-state index contributed by atoms with van der Waals surface area (Å²) in [6.45, 7) is 0. The first kappa shape index (κ1) is 36.5. The maximum absolute atomic E-state index is 2.80. The van der Waals surface area contributed by atoms with Crippen molar-refractivity contribution < 1.29 is 0 Å². The summed E-state index contributed by atoms with van der Waals surface area (Å²) in [6, 6.07) is 91.5. The quantitative estimate of drug-likeness (QED) is 0.117. The van der Waals surface area contributed by atoms with Crippen LogP contribution >= 0.6 is 0 Å². The molecule has 0 N–H and O–H groups in total. The van der Waals surface area contributed by atoms with Crippen molar-refractivity contribution in [3.8, 4) is 11.4 Å². The average Bonchev–Trinajstić information content (AvgIpc) is 3.90. The zero-order chi connectivity index (χ0) is 42.6. The Hall–Kier alpha value is -7.98. The van der Waals surface area contributed by atoms with Crippen LogP contribution in [0.1, 0.15) is 45.2 Å². The van der Waals surface area contributed by atoms with Crippen molar-refractivity contribution in [3.05, 3.63) is 276 Å². The Kier molecular flexibility index (Phi) is 7.87. The minimum Gasteiger partial charge on any atom is -0.309 e. The molecule has 10 aromatic carbocycles. The van der Waals surface area contributed by atoms with E-state index in [1.54, 1.807) is 0 Å². The standard InChI is InChI=1S/C62H42N2Si/c1-5-19-41(20-6-1)63-56-36-33-42(39-53(56)54-40-46(34-37-57(54)63)65(43-21-7-2-8-22-43,44-23-9-3-10-24-44)45-25-11-4-12-26-45)64-55-32-18-17-31-51(55)61-58(64)38-35-52-59-47-27-13-15-29-49(47)60(62(52)61)50-30-16-14-28-48(50)59/h1-40,59-60H. The minimum atomic E-state index is -2.80. The topological polar surface area (TPSA) is 9.86 Å². The van der Waals surface area contributed by atoms with Gasteiger partial charge in [-0.05, 0) is 103 Å². The Bertz CT molecular complexity index is 3690. The van der Waals surface area contributed by atoms with Crippen LogP contribution in [-0.2, 0) is 0 Å².